The predicted octanol–water partition coefficient (Wildman–Crippen LogP) is 3.75. The average molecular weight is 363 g/mol. The van der Waals surface area contributed by atoms with Crippen molar-refractivity contribution >= 4 is 0 Å². The number of benzene rings is 1. The molecule has 0 spiro atoms. The lowest BCUT2D eigenvalue weighted by Gasteiger charge is -2.14. The van der Waals surface area contributed by atoms with Gasteiger partial charge >= 0.3 is 6.36 Å². The lowest BCUT2D eigenvalue weighted by molar-refractivity contribution is -0.274. The fourth-order valence-electron chi connectivity index (χ4n) is 2.77. The molecule has 0 aliphatic carbocycles. The van der Waals surface area contributed by atoms with Gasteiger partial charge in [-0.1, -0.05) is 0 Å². The Labute approximate surface area is 147 Å². The molecule has 0 fully saturated rings. The summed E-state index contributed by atoms with van der Waals surface area (Å²) >= 11 is 0. The standard InChI is InChI=1S/C18H16F3N3O2/c1-11-7-17(25)24(10-15(11)13-8-22-23(3)9-13)16-5-4-14(6-12(16)2)26-18(19,20)21/h4-10H,1-3H3. The van der Waals surface area contributed by atoms with Crippen molar-refractivity contribution in [2.75, 3.05) is 0 Å². The minimum absolute atomic E-state index is 0.275. The number of halogens is 3. The van der Waals surface area contributed by atoms with Crippen molar-refractivity contribution in [3.63, 3.8) is 0 Å². The van der Waals surface area contributed by atoms with Gasteiger partial charge in [0.15, 0.2) is 0 Å². The summed E-state index contributed by atoms with van der Waals surface area (Å²) in [5.41, 5.74) is 3.13. The molecule has 2 heterocycles. The summed E-state index contributed by atoms with van der Waals surface area (Å²) < 4.78 is 44.1. The van der Waals surface area contributed by atoms with Gasteiger partial charge in [-0.05, 0) is 43.2 Å². The highest BCUT2D eigenvalue weighted by atomic mass is 19.4. The molecule has 1 aromatic carbocycles. The Morgan fingerprint density at radius 1 is 1.08 bits per heavy atom. The second-order valence-electron chi connectivity index (χ2n) is 5.98. The van der Waals surface area contributed by atoms with Crippen LogP contribution in [0.1, 0.15) is 11.1 Å². The molecule has 26 heavy (non-hydrogen) atoms. The summed E-state index contributed by atoms with van der Waals surface area (Å²) in [6.45, 7) is 3.44. The molecule has 3 aromatic rings. The highest BCUT2D eigenvalue weighted by Crippen LogP contribution is 2.27. The molecule has 2 aromatic heterocycles. The maximum atomic E-state index is 12.4. The van der Waals surface area contributed by atoms with Crippen LogP contribution < -0.4 is 10.3 Å². The number of hydrogen-bond acceptors (Lipinski definition) is 3. The van der Waals surface area contributed by atoms with E-state index in [0.717, 1.165) is 16.7 Å². The van der Waals surface area contributed by atoms with Gasteiger partial charge < -0.3 is 4.74 Å². The molecule has 136 valence electrons. The van der Waals surface area contributed by atoms with Gasteiger partial charge in [-0.2, -0.15) is 5.10 Å². The van der Waals surface area contributed by atoms with Crippen molar-refractivity contribution in [2.24, 2.45) is 7.05 Å². The van der Waals surface area contributed by atoms with Gasteiger partial charge in [-0.3, -0.25) is 14.0 Å². The molecule has 0 unspecified atom stereocenters. The van der Waals surface area contributed by atoms with Crippen LogP contribution in [0.2, 0.25) is 0 Å². The number of pyridine rings is 1. The van der Waals surface area contributed by atoms with Gasteiger partial charge in [0.2, 0.25) is 0 Å². The molecule has 0 aliphatic rings. The molecular formula is C18H16F3N3O2. The van der Waals surface area contributed by atoms with Gasteiger partial charge in [0.25, 0.3) is 5.56 Å². The molecule has 0 aliphatic heterocycles. The monoisotopic (exact) mass is 363 g/mol. The maximum Gasteiger partial charge on any atom is 0.573 e. The van der Waals surface area contributed by atoms with Crippen molar-refractivity contribution in [3.05, 3.63) is 64.3 Å². The van der Waals surface area contributed by atoms with Gasteiger partial charge in [-0.25, -0.2) is 0 Å². The maximum absolute atomic E-state index is 12.4. The molecule has 3 rings (SSSR count). The van der Waals surface area contributed by atoms with E-state index >= 15 is 0 Å². The van der Waals surface area contributed by atoms with Crippen LogP contribution in [0, 0.1) is 13.8 Å². The smallest absolute Gasteiger partial charge is 0.406 e. The fourth-order valence-corrected chi connectivity index (χ4v) is 2.77. The molecule has 0 saturated carbocycles. The molecule has 5 nitrogen and oxygen atoms in total. The number of ether oxygens (including phenoxy) is 1. The van der Waals surface area contributed by atoms with Crippen LogP contribution in [0.25, 0.3) is 16.8 Å². The Hall–Kier alpha value is -3.03. The van der Waals surface area contributed by atoms with Crippen LogP contribution in [-0.4, -0.2) is 20.7 Å². The van der Waals surface area contributed by atoms with E-state index in [1.54, 1.807) is 31.0 Å². The van der Waals surface area contributed by atoms with Crippen molar-refractivity contribution in [2.45, 2.75) is 20.2 Å². The number of alkyl halides is 3. The van der Waals surface area contributed by atoms with Crippen LogP contribution in [0.4, 0.5) is 13.2 Å². The Kier molecular flexibility index (Phi) is 4.35. The summed E-state index contributed by atoms with van der Waals surface area (Å²) in [6.07, 6.45) is 0.415. The Morgan fingerprint density at radius 3 is 2.38 bits per heavy atom. The first-order valence-electron chi connectivity index (χ1n) is 7.73. The van der Waals surface area contributed by atoms with Gasteiger partial charge in [0.05, 0.1) is 11.9 Å². The minimum Gasteiger partial charge on any atom is -0.406 e. The average Bonchev–Trinajstić information content (AvgIpc) is 2.93. The third-order valence-electron chi connectivity index (χ3n) is 3.94. The van der Waals surface area contributed by atoms with E-state index in [0.29, 0.717) is 11.3 Å². The van der Waals surface area contributed by atoms with E-state index in [1.807, 2.05) is 13.1 Å². The van der Waals surface area contributed by atoms with Gasteiger partial charge in [0.1, 0.15) is 5.75 Å². The normalized spacial score (nSPS) is 11.6. The predicted molar refractivity (Wildman–Crippen MR) is 90.4 cm³/mol. The summed E-state index contributed by atoms with van der Waals surface area (Å²) in [7, 11) is 1.79. The first kappa shape index (κ1) is 17.8. The molecule has 0 atom stereocenters. The molecular weight excluding hydrogens is 347 g/mol. The third kappa shape index (κ3) is 3.63. The molecule has 0 N–H and O–H groups in total. The number of hydrogen-bond donors (Lipinski definition) is 0. The quantitative estimate of drug-likeness (QED) is 0.712. The largest absolute Gasteiger partial charge is 0.573 e. The topological polar surface area (TPSA) is 49.1 Å². The zero-order valence-corrected chi connectivity index (χ0v) is 14.3. The van der Waals surface area contributed by atoms with E-state index in [1.165, 1.54) is 28.8 Å². The molecule has 0 bridgehead atoms. The molecule has 0 amide bonds. The van der Waals surface area contributed by atoms with Gasteiger partial charge in [0, 0.05) is 36.6 Å². The third-order valence-corrected chi connectivity index (χ3v) is 3.94. The fraction of sp³-hybridized carbons (Fsp3) is 0.222. The van der Waals surface area contributed by atoms with Crippen LogP contribution in [-0.2, 0) is 7.05 Å². The zero-order valence-electron chi connectivity index (χ0n) is 14.3. The first-order valence-corrected chi connectivity index (χ1v) is 7.73. The van der Waals surface area contributed by atoms with Crippen molar-refractivity contribution in [3.8, 4) is 22.6 Å². The second kappa shape index (κ2) is 6.36. The van der Waals surface area contributed by atoms with E-state index in [4.69, 9.17) is 0 Å². The number of aromatic nitrogens is 3. The summed E-state index contributed by atoms with van der Waals surface area (Å²) in [6, 6.07) is 5.35. The number of nitrogens with zero attached hydrogens (tertiary/aromatic N) is 3. The van der Waals surface area contributed by atoms with Gasteiger partial charge in [-0.15, -0.1) is 13.2 Å². The van der Waals surface area contributed by atoms with E-state index in [9.17, 15) is 18.0 Å². The Morgan fingerprint density at radius 2 is 1.81 bits per heavy atom. The van der Waals surface area contributed by atoms with Crippen LogP contribution in [0.15, 0.2) is 47.7 Å². The number of aryl methyl sites for hydroxylation is 3. The summed E-state index contributed by atoms with van der Waals surface area (Å²) in [5.74, 6) is -0.327. The van der Waals surface area contributed by atoms with Crippen molar-refractivity contribution in [1.82, 2.24) is 14.3 Å². The van der Waals surface area contributed by atoms with Crippen LogP contribution >= 0.6 is 0 Å². The van der Waals surface area contributed by atoms with E-state index < -0.39 is 6.36 Å². The lowest BCUT2D eigenvalue weighted by atomic mass is 10.1. The van der Waals surface area contributed by atoms with Crippen LogP contribution in [0.5, 0.6) is 5.75 Å². The first-order chi connectivity index (χ1) is 12.1. The molecule has 0 saturated heterocycles. The molecule has 0 radical (unpaired) electrons. The Bertz CT molecular complexity index is 1020. The van der Waals surface area contributed by atoms with Crippen molar-refractivity contribution < 1.29 is 17.9 Å². The summed E-state index contributed by atoms with van der Waals surface area (Å²) in [4.78, 5) is 12.4. The SMILES string of the molecule is Cc1cc(=O)n(-c2ccc(OC(F)(F)F)cc2C)cc1-c1cnn(C)c1. The second-order valence-corrected chi connectivity index (χ2v) is 5.98. The minimum atomic E-state index is -4.76. The van der Waals surface area contributed by atoms with E-state index in [-0.39, 0.29) is 11.3 Å². The highest BCUT2D eigenvalue weighted by Gasteiger charge is 2.31. The Balaban J connectivity index is 2.08. The van der Waals surface area contributed by atoms with Crippen molar-refractivity contribution in [1.29, 1.82) is 0 Å². The zero-order chi connectivity index (χ0) is 19.1. The molecule has 8 heteroatoms. The lowest BCUT2D eigenvalue weighted by Crippen LogP contribution is -2.19. The summed E-state index contributed by atoms with van der Waals surface area (Å²) in [5, 5.41) is 4.13. The highest BCUT2D eigenvalue weighted by molar-refractivity contribution is 5.65. The van der Waals surface area contributed by atoms with Crippen LogP contribution in [0.3, 0.4) is 0 Å². The van der Waals surface area contributed by atoms with E-state index in [2.05, 4.69) is 9.84 Å². The number of rotatable bonds is 3.